The first-order valence-corrected chi connectivity index (χ1v) is 9.16. The molecule has 1 unspecified atom stereocenters. The molecular formula is C21H22N4O3. The van der Waals surface area contributed by atoms with Crippen molar-refractivity contribution in [2.24, 2.45) is 0 Å². The van der Waals surface area contributed by atoms with Crippen LogP contribution in [0.5, 0.6) is 5.75 Å². The van der Waals surface area contributed by atoms with Gasteiger partial charge in [0.1, 0.15) is 11.9 Å². The number of ether oxygens (including phenoxy) is 2. The van der Waals surface area contributed by atoms with E-state index < -0.39 is 0 Å². The van der Waals surface area contributed by atoms with Crippen LogP contribution < -0.4 is 10.1 Å². The summed E-state index contributed by atoms with van der Waals surface area (Å²) in [7, 11) is 1.61. The topological polar surface area (TPSA) is 78.3 Å². The van der Waals surface area contributed by atoms with Crippen LogP contribution in [0.1, 0.15) is 39.0 Å². The lowest BCUT2D eigenvalue weighted by atomic mass is 10.1. The van der Waals surface area contributed by atoms with E-state index in [9.17, 15) is 4.79 Å². The number of para-hydroxylation sites is 1. The van der Waals surface area contributed by atoms with Crippen LogP contribution in [-0.2, 0) is 24.4 Å². The maximum absolute atomic E-state index is 12.6. The summed E-state index contributed by atoms with van der Waals surface area (Å²) < 4.78 is 13.1. The highest BCUT2D eigenvalue weighted by molar-refractivity contribution is 5.93. The fraction of sp³-hybridized carbons (Fsp3) is 0.286. The number of hydrogen-bond acceptors (Lipinski definition) is 5. The van der Waals surface area contributed by atoms with Crippen LogP contribution in [0.4, 0.5) is 0 Å². The molecule has 4 rings (SSSR count). The molecule has 7 heteroatoms. The molecule has 3 aromatic rings. The van der Waals surface area contributed by atoms with E-state index in [1.165, 1.54) is 5.56 Å². The Morgan fingerprint density at radius 1 is 1.25 bits per heavy atom. The quantitative estimate of drug-likeness (QED) is 0.739. The molecule has 0 saturated heterocycles. The highest BCUT2D eigenvalue weighted by Gasteiger charge is 2.27. The Morgan fingerprint density at radius 3 is 2.82 bits per heavy atom. The van der Waals surface area contributed by atoms with Gasteiger partial charge in [0.15, 0.2) is 5.69 Å². The van der Waals surface area contributed by atoms with Crippen LogP contribution in [0.25, 0.3) is 0 Å². The molecule has 0 bridgehead atoms. The summed E-state index contributed by atoms with van der Waals surface area (Å²) in [5.41, 5.74) is 4.19. The maximum atomic E-state index is 12.6. The summed E-state index contributed by atoms with van der Waals surface area (Å²) in [6, 6.07) is 15.8. The second-order valence-corrected chi connectivity index (χ2v) is 6.77. The molecule has 7 nitrogen and oxygen atoms in total. The fourth-order valence-corrected chi connectivity index (χ4v) is 3.28. The Bertz CT molecular complexity index is 982. The molecule has 1 aliphatic heterocycles. The van der Waals surface area contributed by atoms with Crippen LogP contribution in [0.15, 0.2) is 48.5 Å². The molecular weight excluding hydrogens is 356 g/mol. The van der Waals surface area contributed by atoms with Gasteiger partial charge in [0, 0.05) is 12.1 Å². The number of rotatable bonds is 5. The molecule has 0 radical (unpaired) electrons. The Morgan fingerprint density at radius 2 is 2.04 bits per heavy atom. The van der Waals surface area contributed by atoms with Crippen LogP contribution in [0.2, 0.25) is 0 Å². The minimum absolute atomic E-state index is 0.0979. The van der Waals surface area contributed by atoms with Gasteiger partial charge < -0.3 is 14.8 Å². The molecule has 1 aromatic heterocycles. The van der Waals surface area contributed by atoms with Crippen molar-refractivity contribution in [3.63, 3.8) is 0 Å². The predicted octanol–water partition coefficient (Wildman–Crippen LogP) is 2.80. The Kier molecular flexibility index (Phi) is 5.08. The highest BCUT2D eigenvalue weighted by atomic mass is 16.5. The van der Waals surface area contributed by atoms with Gasteiger partial charge >= 0.3 is 0 Å². The van der Waals surface area contributed by atoms with Gasteiger partial charge in [-0.05, 0) is 18.6 Å². The van der Waals surface area contributed by atoms with Gasteiger partial charge in [-0.2, -0.15) is 0 Å². The van der Waals surface area contributed by atoms with E-state index in [1.807, 2.05) is 24.3 Å². The van der Waals surface area contributed by atoms with E-state index in [4.69, 9.17) is 9.47 Å². The Balaban J connectivity index is 1.45. The van der Waals surface area contributed by atoms with Crippen LogP contribution in [-0.4, -0.2) is 28.0 Å². The zero-order valence-corrected chi connectivity index (χ0v) is 15.9. The number of aromatic nitrogens is 3. The number of carbonyl (C=O) groups excluding carboxylic acids is 1. The minimum atomic E-state index is -0.274. The molecule has 144 valence electrons. The lowest BCUT2D eigenvalue weighted by Gasteiger charge is -2.24. The highest BCUT2D eigenvalue weighted by Crippen LogP contribution is 2.27. The zero-order chi connectivity index (χ0) is 19.5. The van der Waals surface area contributed by atoms with E-state index >= 15 is 0 Å². The average Bonchev–Trinajstić information content (AvgIpc) is 3.16. The van der Waals surface area contributed by atoms with Gasteiger partial charge in [0.25, 0.3) is 5.91 Å². The van der Waals surface area contributed by atoms with Crippen molar-refractivity contribution >= 4 is 5.91 Å². The summed E-state index contributed by atoms with van der Waals surface area (Å²) in [4.78, 5) is 12.6. The van der Waals surface area contributed by atoms with Crippen molar-refractivity contribution in [2.45, 2.75) is 32.7 Å². The van der Waals surface area contributed by atoms with Gasteiger partial charge in [0.05, 0.1) is 26.0 Å². The minimum Gasteiger partial charge on any atom is -0.496 e. The zero-order valence-electron chi connectivity index (χ0n) is 15.9. The molecule has 0 saturated carbocycles. The van der Waals surface area contributed by atoms with Gasteiger partial charge in [-0.25, -0.2) is 4.68 Å². The monoisotopic (exact) mass is 378 g/mol. The number of benzene rings is 2. The predicted molar refractivity (Wildman–Crippen MR) is 103 cm³/mol. The Hall–Kier alpha value is -3.19. The average molecular weight is 378 g/mol. The lowest BCUT2D eigenvalue weighted by molar-refractivity contribution is -0.00177. The number of aryl methyl sites for hydroxylation is 1. The summed E-state index contributed by atoms with van der Waals surface area (Å²) >= 11 is 0. The fourth-order valence-electron chi connectivity index (χ4n) is 3.28. The molecule has 28 heavy (non-hydrogen) atoms. The van der Waals surface area contributed by atoms with E-state index in [0.29, 0.717) is 31.1 Å². The molecule has 0 spiro atoms. The summed E-state index contributed by atoms with van der Waals surface area (Å²) in [5.74, 6) is 0.460. The largest absolute Gasteiger partial charge is 0.496 e. The number of carbonyl (C=O) groups is 1. The molecule has 1 amide bonds. The van der Waals surface area contributed by atoms with Crippen molar-refractivity contribution in [3.05, 3.63) is 76.6 Å². The van der Waals surface area contributed by atoms with E-state index in [1.54, 1.807) is 11.8 Å². The van der Waals surface area contributed by atoms with Crippen molar-refractivity contribution in [1.29, 1.82) is 0 Å². The SMILES string of the molecule is COc1ccccc1CNC(=O)c1nnn2c1COC(c1ccc(C)cc1)C2. The van der Waals surface area contributed by atoms with E-state index in [-0.39, 0.29) is 12.0 Å². The molecule has 1 atom stereocenters. The standard InChI is InChI=1S/C21H22N4O3/c1-14-7-9-15(10-8-14)19-12-25-17(13-28-19)20(23-24-25)21(26)22-11-16-5-3-4-6-18(16)27-2/h3-10,19H,11-13H2,1-2H3,(H,22,26). The first kappa shape index (κ1) is 18.2. The second kappa shape index (κ2) is 7.82. The molecule has 2 aromatic carbocycles. The van der Waals surface area contributed by atoms with Crippen LogP contribution >= 0.6 is 0 Å². The normalized spacial score (nSPS) is 15.7. The van der Waals surface area contributed by atoms with Crippen molar-refractivity contribution < 1.29 is 14.3 Å². The third-order valence-corrected chi connectivity index (χ3v) is 4.89. The first-order chi connectivity index (χ1) is 13.7. The number of nitrogens with one attached hydrogen (secondary N) is 1. The van der Waals surface area contributed by atoms with Crippen LogP contribution in [0.3, 0.4) is 0 Å². The number of fused-ring (bicyclic) bond motifs is 1. The number of methoxy groups -OCH3 is 1. The third kappa shape index (κ3) is 3.61. The maximum Gasteiger partial charge on any atom is 0.274 e. The Labute approximate surface area is 163 Å². The number of amides is 1. The van der Waals surface area contributed by atoms with Gasteiger partial charge in [-0.15, -0.1) is 5.10 Å². The molecule has 0 aliphatic carbocycles. The van der Waals surface area contributed by atoms with E-state index in [2.05, 4.69) is 46.8 Å². The summed E-state index contributed by atoms with van der Waals surface area (Å²) in [6.45, 7) is 3.23. The van der Waals surface area contributed by atoms with Crippen molar-refractivity contribution in [3.8, 4) is 5.75 Å². The first-order valence-electron chi connectivity index (χ1n) is 9.16. The molecule has 1 aliphatic rings. The summed E-state index contributed by atoms with van der Waals surface area (Å²) in [6.07, 6.45) is -0.0979. The van der Waals surface area contributed by atoms with Crippen LogP contribution in [0, 0.1) is 6.92 Å². The van der Waals surface area contributed by atoms with Gasteiger partial charge in [-0.3, -0.25) is 4.79 Å². The van der Waals surface area contributed by atoms with Gasteiger partial charge in [0.2, 0.25) is 0 Å². The van der Waals surface area contributed by atoms with E-state index in [0.717, 1.165) is 16.9 Å². The van der Waals surface area contributed by atoms with Gasteiger partial charge in [-0.1, -0.05) is 53.2 Å². The van der Waals surface area contributed by atoms with Crippen molar-refractivity contribution in [2.75, 3.05) is 7.11 Å². The molecule has 2 heterocycles. The molecule has 1 N–H and O–H groups in total. The lowest BCUT2D eigenvalue weighted by Crippen LogP contribution is -2.27. The summed E-state index contributed by atoms with van der Waals surface area (Å²) in [5, 5.41) is 11.1. The number of nitrogens with zero attached hydrogens (tertiary/aromatic N) is 3. The van der Waals surface area contributed by atoms with Crippen molar-refractivity contribution in [1.82, 2.24) is 20.3 Å². The smallest absolute Gasteiger partial charge is 0.274 e. The third-order valence-electron chi connectivity index (χ3n) is 4.89. The second-order valence-electron chi connectivity index (χ2n) is 6.77. The molecule has 0 fully saturated rings. The number of hydrogen-bond donors (Lipinski definition) is 1.